The van der Waals surface area contributed by atoms with Crippen LogP contribution in [0.1, 0.15) is 90.9 Å². The molecule has 1 fully saturated rings. The van der Waals surface area contributed by atoms with E-state index in [0.717, 1.165) is 51.4 Å². The number of hydrogen-bond acceptors (Lipinski definition) is 3. The molecule has 2 unspecified atom stereocenters. The van der Waals surface area contributed by atoms with E-state index in [1.165, 1.54) is 6.42 Å². The van der Waals surface area contributed by atoms with Crippen molar-refractivity contribution in [2.45, 2.75) is 97.0 Å². The fourth-order valence-electron chi connectivity index (χ4n) is 2.51. The van der Waals surface area contributed by atoms with Crippen LogP contribution in [0.2, 0.25) is 0 Å². The zero-order chi connectivity index (χ0) is 18.2. The first-order valence-electron chi connectivity index (χ1n) is 9.42. The summed E-state index contributed by atoms with van der Waals surface area (Å²) in [5.74, 6) is 5.72. The van der Waals surface area contributed by atoms with Gasteiger partial charge in [0, 0.05) is 25.2 Å². The number of ketones is 1. The van der Waals surface area contributed by atoms with Crippen LogP contribution in [0.5, 0.6) is 0 Å². The third kappa shape index (κ3) is 14.3. The second-order valence-corrected chi connectivity index (χ2v) is 6.48. The fourth-order valence-corrected chi connectivity index (χ4v) is 2.51. The van der Waals surface area contributed by atoms with Crippen molar-refractivity contribution in [1.29, 1.82) is 0 Å². The topological polar surface area (TPSA) is 74.6 Å². The van der Waals surface area contributed by atoms with E-state index < -0.39 is 12.1 Å². The molecular weight excluding hydrogens is 304 g/mol. The molecule has 1 aliphatic rings. The Morgan fingerprint density at radius 1 is 1.17 bits per heavy atom. The van der Waals surface area contributed by atoms with Crippen LogP contribution < -0.4 is 0 Å². The highest BCUT2D eigenvalue weighted by molar-refractivity contribution is 5.81. The maximum atomic E-state index is 11.0. The number of rotatable bonds is 9. The molecule has 0 bridgehead atoms. The Balaban J connectivity index is 0.000000506. The monoisotopic (exact) mass is 338 g/mol. The minimum absolute atomic E-state index is 0.207. The van der Waals surface area contributed by atoms with Crippen molar-refractivity contribution in [3.8, 4) is 11.8 Å². The number of carboxylic acids is 1. The molecule has 0 spiro atoms. The lowest BCUT2D eigenvalue weighted by molar-refractivity contribution is -0.137. The number of carboxylic acid groups (broad SMARTS) is 1. The second-order valence-electron chi connectivity index (χ2n) is 6.48. The summed E-state index contributed by atoms with van der Waals surface area (Å²) >= 11 is 0. The number of hydrogen-bond donors (Lipinski definition) is 2. The minimum atomic E-state index is -0.675. The number of aliphatic hydroxyl groups excluding tert-OH is 1. The molecule has 0 amide bonds. The van der Waals surface area contributed by atoms with Crippen molar-refractivity contribution in [2.24, 2.45) is 5.92 Å². The van der Waals surface area contributed by atoms with Crippen LogP contribution in [0.25, 0.3) is 0 Å². The third-order valence-corrected chi connectivity index (χ3v) is 4.03. The first kappa shape index (κ1) is 22.7. The summed E-state index contributed by atoms with van der Waals surface area (Å²) < 4.78 is 0. The molecule has 0 radical (unpaired) electrons. The van der Waals surface area contributed by atoms with Crippen molar-refractivity contribution >= 4 is 11.8 Å². The van der Waals surface area contributed by atoms with Crippen LogP contribution in [0.15, 0.2) is 0 Å². The minimum Gasteiger partial charge on any atom is -0.481 e. The van der Waals surface area contributed by atoms with Gasteiger partial charge in [0.15, 0.2) is 0 Å². The highest BCUT2D eigenvalue weighted by Crippen LogP contribution is 2.20. The van der Waals surface area contributed by atoms with Gasteiger partial charge in [-0.25, -0.2) is 0 Å². The van der Waals surface area contributed by atoms with Crippen LogP contribution in [0.3, 0.4) is 0 Å². The van der Waals surface area contributed by atoms with Gasteiger partial charge in [-0.2, -0.15) is 0 Å². The summed E-state index contributed by atoms with van der Waals surface area (Å²) in [6.07, 6.45) is 10.3. The van der Waals surface area contributed by atoms with E-state index in [1.54, 1.807) is 0 Å². The van der Waals surface area contributed by atoms with E-state index in [1.807, 2.05) is 0 Å². The highest BCUT2D eigenvalue weighted by Gasteiger charge is 2.19. The molecule has 0 aromatic heterocycles. The van der Waals surface area contributed by atoms with Crippen molar-refractivity contribution in [2.75, 3.05) is 0 Å². The average Bonchev–Trinajstić information content (AvgIpc) is 2.96. The number of Topliss-reactive ketones (excluding diaryl/α,β-unsaturated/α-hetero) is 1. The van der Waals surface area contributed by atoms with Gasteiger partial charge in [0.25, 0.3) is 0 Å². The summed E-state index contributed by atoms with van der Waals surface area (Å²) in [5.41, 5.74) is 0. The van der Waals surface area contributed by atoms with Crippen molar-refractivity contribution in [1.82, 2.24) is 0 Å². The molecule has 4 nitrogen and oxygen atoms in total. The fraction of sp³-hybridized carbons (Fsp3) is 0.800. The van der Waals surface area contributed by atoms with Gasteiger partial charge in [-0.1, -0.05) is 57.8 Å². The maximum absolute atomic E-state index is 11.0. The summed E-state index contributed by atoms with van der Waals surface area (Å²) in [6.45, 7) is 4.25. The van der Waals surface area contributed by atoms with Crippen molar-refractivity contribution < 1.29 is 19.8 Å². The zero-order valence-corrected chi connectivity index (χ0v) is 15.4. The number of carbonyl (C=O) groups is 2. The third-order valence-electron chi connectivity index (χ3n) is 4.03. The molecule has 1 aliphatic carbocycles. The first-order valence-corrected chi connectivity index (χ1v) is 9.42. The molecule has 0 aliphatic heterocycles. The smallest absolute Gasteiger partial charge is 0.303 e. The van der Waals surface area contributed by atoms with Crippen LogP contribution in [-0.2, 0) is 9.59 Å². The first-order chi connectivity index (χ1) is 11.5. The Morgan fingerprint density at radius 2 is 1.83 bits per heavy atom. The molecule has 1 rings (SSSR count). The van der Waals surface area contributed by atoms with Gasteiger partial charge in [0.05, 0.1) is 0 Å². The lowest BCUT2D eigenvalue weighted by Crippen LogP contribution is -2.03. The molecule has 2 atom stereocenters. The van der Waals surface area contributed by atoms with Gasteiger partial charge in [-0.15, -0.1) is 0 Å². The van der Waals surface area contributed by atoms with E-state index in [-0.39, 0.29) is 5.92 Å². The van der Waals surface area contributed by atoms with Gasteiger partial charge < -0.3 is 10.2 Å². The SMILES string of the molecule is CCCCCC(O)C#CC1CCC(=O)C1.CCCCCCC(=O)O. The molecule has 0 heterocycles. The van der Waals surface area contributed by atoms with Crippen LogP contribution in [-0.4, -0.2) is 28.1 Å². The van der Waals surface area contributed by atoms with Crippen LogP contribution in [0.4, 0.5) is 0 Å². The average molecular weight is 338 g/mol. The Bertz CT molecular complexity index is 406. The summed E-state index contributed by atoms with van der Waals surface area (Å²) in [5, 5.41) is 17.8. The molecule has 0 aromatic rings. The largest absolute Gasteiger partial charge is 0.481 e. The molecule has 4 heteroatoms. The quantitative estimate of drug-likeness (QED) is 0.484. The van der Waals surface area contributed by atoms with Crippen molar-refractivity contribution in [3.05, 3.63) is 0 Å². The normalized spacial score (nSPS) is 17.5. The molecule has 0 aromatic carbocycles. The molecule has 1 saturated carbocycles. The Kier molecular flexibility index (Phi) is 14.4. The van der Waals surface area contributed by atoms with E-state index in [4.69, 9.17) is 5.11 Å². The van der Waals surface area contributed by atoms with Crippen LogP contribution >= 0.6 is 0 Å². The summed E-state index contributed by atoms with van der Waals surface area (Å²) in [7, 11) is 0. The molecule has 2 N–H and O–H groups in total. The maximum Gasteiger partial charge on any atom is 0.303 e. The molecular formula is C20H34O4. The van der Waals surface area contributed by atoms with Gasteiger partial charge in [0.1, 0.15) is 11.9 Å². The zero-order valence-electron chi connectivity index (χ0n) is 15.4. The van der Waals surface area contributed by atoms with E-state index in [0.29, 0.717) is 25.0 Å². The summed E-state index contributed by atoms with van der Waals surface area (Å²) in [4.78, 5) is 20.9. The number of aliphatic hydroxyl groups is 1. The number of unbranched alkanes of at least 4 members (excludes halogenated alkanes) is 5. The molecule has 24 heavy (non-hydrogen) atoms. The predicted molar refractivity (Wildman–Crippen MR) is 96.7 cm³/mol. The standard InChI is InChI=1S/C13H20O2.C7H14O2/c1-2-3-4-5-12(14)8-6-11-7-9-13(15)10-11;1-2-3-4-5-6-7(8)9/h11-12,14H,2-5,7,9-10H2,1H3;2-6H2,1H3,(H,8,9). The van der Waals surface area contributed by atoms with Crippen molar-refractivity contribution in [3.63, 3.8) is 0 Å². The lowest BCUT2D eigenvalue weighted by atomic mass is 10.1. The molecule has 138 valence electrons. The Hall–Kier alpha value is -1.34. The predicted octanol–water partition coefficient (Wildman–Crippen LogP) is 4.34. The van der Waals surface area contributed by atoms with Gasteiger partial charge >= 0.3 is 5.97 Å². The number of carbonyl (C=O) groups excluding carboxylic acids is 1. The van der Waals surface area contributed by atoms with Gasteiger partial charge in [-0.05, 0) is 25.7 Å². The van der Waals surface area contributed by atoms with Gasteiger partial charge in [-0.3, -0.25) is 9.59 Å². The second kappa shape index (κ2) is 15.2. The lowest BCUT2D eigenvalue weighted by Gasteiger charge is -2.02. The Morgan fingerprint density at radius 3 is 2.38 bits per heavy atom. The summed E-state index contributed by atoms with van der Waals surface area (Å²) in [6, 6.07) is 0. The van der Waals surface area contributed by atoms with E-state index in [2.05, 4.69) is 25.7 Å². The van der Waals surface area contributed by atoms with E-state index in [9.17, 15) is 14.7 Å². The van der Waals surface area contributed by atoms with Gasteiger partial charge in [0.2, 0.25) is 0 Å². The number of aliphatic carboxylic acids is 1. The van der Waals surface area contributed by atoms with E-state index >= 15 is 0 Å². The Labute approximate surface area is 147 Å². The highest BCUT2D eigenvalue weighted by atomic mass is 16.4. The molecule has 0 saturated heterocycles. The van der Waals surface area contributed by atoms with Crippen LogP contribution in [0, 0.1) is 17.8 Å².